The van der Waals surface area contributed by atoms with Crippen LogP contribution in [0.15, 0.2) is 18.3 Å². The maximum Gasteiger partial charge on any atom is 0.0648 e. The van der Waals surface area contributed by atoms with Crippen molar-refractivity contribution in [3.63, 3.8) is 0 Å². The van der Waals surface area contributed by atoms with Gasteiger partial charge in [-0.25, -0.2) is 0 Å². The quantitative estimate of drug-likeness (QED) is 0.691. The third-order valence-corrected chi connectivity index (χ3v) is 1.73. The Morgan fingerprint density at radius 1 is 1.50 bits per heavy atom. The van der Waals surface area contributed by atoms with Crippen LogP contribution >= 0.6 is 24.0 Å². The van der Waals surface area contributed by atoms with E-state index in [-0.39, 0.29) is 12.4 Å². The minimum atomic E-state index is 0. The van der Waals surface area contributed by atoms with Gasteiger partial charge in [0, 0.05) is 26.0 Å². The molecular weight excluding hydrogens is 195 g/mol. The molecule has 0 N–H and O–H groups in total. The van der Waals surface area contributed by atoms with Crippen molar-refractivity contribution in [1.82, 2.24) is 4.98 Å². The molecule has 1 rings (SSSR count). The van der Waals surface area contributed by atoms with Crippen molar-refractivity contribution in [2.75, 3.05) is 19.0 Å². The molecule has 4 heteroatoms. The van der Waals surface area contributed by atoms with E-state index in [1.807, 2.05) is 31.1 Å². The molecule has 68 valence electrons. The smallest absolute Gasteiger partial charge is 0.0648 e. The van der Waals surface area contributed by atoms with Gasteiger partial charge in [0.05, 0.1) is 11.6 Å². The van der Waals surface area contributed by atoms with E-state index in [9.17, 15) is 0 Å². The standard InChI is InChI=1S/C8H11ClN2.ClH/c1-11(2)8-3-4-10-7(5-8)6-9;/h3-5H,6H2,1-2H3;1H. The van der Waals surface area contributed by atoms with Crippen molar-refractivity contribution < 1.29 is 0 Å². The van der Waals surface area contributed by atoms with Gasteiger partial charge in [0.15, 0.2) is 0 Å². The minimum Gasteiger partial charge on any atom is -0.378 e. The van der Waals surface area contributed by atoms with E-state index in [0.717, 1.165) is 11.4 Å². The van der Waals surface area contributed by atoms with Crippen molar-refractivity contribution in [2.24, 2.45) is 0 Å². The SMILES string of the molecule is CN(C)c1ccnc(CCl)c1.Cl. The van der Waals surface area contributed by atoms with Crippen LogP contribution in [-0.4, -0.2) is 19.1 Å². The fourth-order valence-electron chi connectivity index (χ4n) is 0.817. The molecule has 2 nitrogen and oxygen atoms in total. The van der Waals surface area contributed by atoms with E-state index >= 15 is 0 Å². The van der Waals surface area contributed by atoms with Gasteiger partial charge in [-0.3, -0.25) is 4.98 Å². The summed E-state index contributed by atoms with van der Waals surface area (Å²) in [5.74, 6) is 0.474. The molecule has 0 aliphatic heterocycles. The van der Waals surface area contributed by atoms with Gasteiger partial charge >= 0.3 is 0 Å². The second-order valence-electron chi connectivity index (χ2n) is 2.53. The highest BCUT2D eigenvalue weighted by atomic mass is 35.5. The number of rotatable bonds is 2. The molecule has 0 saturated carbocycles. The lowest BCUT2D eigenvalue weighted by atomic mass is 10.3. The van der Waals surface area contributed by atoms with E-state index in [1.165, 1.54) is 0 Å². The van der Waals surface area contributed by atoms with Crippen LogP contribution in [0.25, 0.3) is 0 Å². The van der Waals surface area contributed by atoms with Crippen LogP contribution in [0, 0.1) is 0 Å². The van der Waals surface area contributed by atoms with Crippen molar-refractivity contribution in [3.8, 4) is 0 Å². The normalized spacial score (nSPS) is 8.92. The Kier molecular flexibility index (Phi) is 5.02. The molecule has 0 aromatic carbocycles. The van der Waals surface area contributed by atoms with Gasteiger partial charge in [-0.15, -0.1) is 24.0 Å². The lowest BCUT2D eigenvalue weighted by Crippen LogP contribution is -2.08. The molecule has 0 saturated heterocycles. The Balaban J connectivity index is 0.00000121. The minimum absolute atomic E-state index is 0. The Morgan fingerprint density at radius 2 is 2.17 bits per heavy atom. The van der Waals surface area contributed by atoms with Crippen molar-refractivity contribution in [3.05, 3.63) is 24.0 Å². The Bertz CT molecular complexity index is 238. The molecule has 0 spiro atoms. The number of pyridine rings is 1. The van der Waals surface area contributed by atoms with Crippen molar-refractivity contribution in [1.29, 1.82) is 0 Å². The van der Waals surface area contributed by atoms with E-state index in [0.29, 0.717) is 5.88 Å². The summed E-state index contributed by atoms with van der Waals surface area (Å²) in [7, 11) is 3.99. The van der Waals surface area contributed by atoms with Crippen LogP contribution in [0.1, 0.15) is 5.69 Å². The van der Waals surface area contributed by atoms with E-state index in [2.05, 4.69) is 4.98 Å². The fourth-order valence-corrected chi connectivity index (χ4v) is 0.963. The van der Waals surface area contributed by atoms with E-state index in [4.69, 9.17) is 11.6 Å². The molecule has 1 heterocycles. The first-order chi connectivity index (χ1) is 5.24. The summed E-state index contributed by atoms with van der Waals surface area (Å²) in [6, 6.07) is 3.93. The first-order valence-electron chi connectivity index (χ1n) is 3.42. The van der Waals surface area contributed by atoms with E-state index in [1.54, 1.807) is 6.20 Å². The maximum absolute atomic E-state index is 5.62. The summed E-state index contributed by atoms with van der Waals surface area (Å²) >= 11 is 5.62. The molecule has 12 heavy (non-hydrogen) atoms. The number of anilines is 1. The van der Waals surface area contributed by atoms with Crippen LogP contribution < -0.4 is 4.90 Å². The summed E-state index contributed by atoms with van der Waals surface area (Å²) in [6.45, 7) is 0. The van der Waals surface area contributed by atoms with Gasteiger partial charge in [0.1, 0.15) is 0 Å². The third-order valence-electron chi connectivity index (χ3n) is 1.45. The zero-order valence-corrected chi connectivity index (χ0v) is 8.69. The van der Waals surface area contributed by atoms with Gasteiger partial charge in [-0.05, 0) is 12.1 Å². The second-order valence-corrected chi connectivity index (χ2v) is 2.80. The topological polar surface area (TPSA) is 16.1 Å². The molecular formula is C8H12Cl2N2. The van der Waals surface area contributed by atoms with Crippen LogP contribution in [0.4, 0.5) is 5.69 Å². The molecule has 0 unspecified atom stereocenters. The molecule has 1 aromatic rings. The molecule has 0 aliphatic carbocycles. The highest BCUT2D eigenvalue weighted by molar-refractivity contribution is 6.16. The molecule has 0 radical (unpaired) electrons. The Hall–Kier alpha value is -0.470. The molecule has 1 aromatic heterocycles. The molecule has 0 amide bonds. The van der Waals surface area contributed by atoms with Gasteiger partial charge < -0.3 is 4.90 Å². The van der Waals surface area contributed by atoms with Gasteiger partial charge in [-0.2, -0.15) is 0 Å². The van der Waals surface area contributed by atoms with E-state index < -0.39 is 0 Å². The van der Waals surface area contributed by atoms with Crippen molar-refractivity contribution >= 4 is 29.7 Å². The van der Waals surface area contributed by atoms with Crippen LogP contribution in [0.5, 0.6) is 0 Å². The summed E-state index contributed by atoms with van der Waals surface area (Å²) in [5.41, 5.74) is 2.05. The summed E-state index contributed by atoms with van der Waals surface area (Å²) in [5, 5.41) is 0. The summed E-state index contributed by atoms with van der Waals surface area (Å²) in [6.07, 6.45) is 1.77. The molecule has 0 bridgehead atoms. The number of alkyl halides is 1. The lowest BCUT2D eigenvalue weighted by molar-refractivity contribution is 1.09. The lowest BCUT2D eigenvalue weighted by Gasteiger charge is -2.11. The summed E-state index contributed by atoms with van der Waals surface area (Å²) in [4.78, 5) is 6.11. The number of halogens is 2. The van der Waals surface area contributed by atoms with Crippen LogP contribution in [-0.2, 0) is 5.88 Å². The van der Waals surface area contributed by atoms with Gasteiger partial charge in [0.2, 0.25) is 0 Å². The largest absolute Gasteiger partial charge is 0.378 e. The fraction of sp³-hybridized carbons (Fsp3) is 0.375. The average Bonchev–Trinajstić information content (AvgIpc) is 2.05. The monoisotopic (exact) mass is 206 g/mol. The van der Waals surface area contributed by atoms with Gasteiger partial charge in [-0.1, -0.05) is 0 Å². The first-order valence-corrected chi connectivity index (χ1v) is 3.95. The number of nitrogens with zero attached hydrogens (tertiary/aromatic N) is 2. The Labute approximate surface area is 84.0 Å². The average molecular weight is 207 g/mol. The third kappa shape index (κ3) is 2.88. The van der Waals surface area contributed by atoms with Crippen molar-refractivity contribution in [2.45, 2.75) is 5.88 Å². The zero-order valence-electron chi connectivity index (χ0n) is 7.12. The predicted octanol–water partition coefficient (Wildman–Crippen LogP) is 2.31. The first kappa shape index (κ1) is 11.5. The highest BCUT2D eigenvalue weighted by Gasteiger charge is 1.96. The molecule has 0 aliphatic rings. The highest BCUT2D eigenvalue weighted by Crippen LogP contribution is 2.11. The molecule has 0 fully saturated rings. The number of hydrogen-bond donors (Lipinski definition) is 0. The summed E-state index contributed by atoms with van der Waals surface area (Å²) < 4.78 is 0. The van der Waals surface area contributed by atoms with Gasteiger partial charge in [0.25, 0.3) is 0 Å². The molecule has 0 atom stereocenters. The number of aromatic nitrogens is 1. The second kappa shape index (κ2) is 5.22. The Morgan fingerprint density at radius 3 is 2.67 bits per heavy atom. The zero-order chi connectivity index (χ0) is 8.27. The van der Waals surface area contributed by atoms with Crippen LogP contribution in [0.3, 0.4) is 0 Å². The number of hydrogen-bond acceptors (Lipinski definition) is 2. The van der Waals surface area contributed by atoms with Crippen LogP contribution in [0.2, 0.25) is 0 Å². The maximum atomic E-state index is 5.62. The predicted molar refractivity (Wildman–Crippen MR) is 55.4 cm³/mol.